The molecule has 0 aromatic rings. The molecule has 5 fully saturated rings. The summed E-state index contributed by atoms with van der Waals surface area (Å²) >= 11 is 0. The highest BCUT2D eigenvalue weighted by atomic mass is 16.7. The van der Waals surface area contributed by atoms with Gasteiger partial charge in [0.2, 0.25) is 0 Å². The number of hydrogen-bond acceptors (Lipinski definition) is 6. The largest absolute Gasteiger partial charge is 0.359 e. The Balaban J connectivity index is 1.51. The predicted octanol–water partition coefficient (Wildman–Crippen LogP) is 4.06. The van der Waals surface area contributed by atoms with Crippen LogP contribution in [0.25, 0.3) is 0 Å². The van der Waals surface area contributed by atoms with Gasteiger partial charge in [-0.3, -0.25) is 0 Å². The molecule has 172 valence electrons. The van der Waals surface area contributed by atoms with Crippen molar-refractivity contribution in [1.82, 2.24) is 5.06 Å². The number of piperidine rings is 1. The van der Waals surface area contributed by atoms with Gasteiger partial charge in [-0.25, -0.2) is 0 Å². The Morgan fingerprint density at radius 1 is 0.933 bits per heavy atom. The fraction of sp³-hybridized carbons (Fsp3) is 1.00. The molecule has 0 unspecified atom stereocenters. The average molecular weight is 424 g/mol. The van der Waals surface area contributed by atoms with Crippen LogP contribution >= 0.6 is 0 Å². The summed E-state index contributed by atoms with van der Waals surface area (Å²) in [6.07, 6.45) is 11.1. The maximum absolute atomic E-state index is 11.0. The molecule has 0 radical (unpaired) electrons. The van der Waals surface area contributed by atoms with E-state index in [4.69, 9.17) is 18.9 Å². The van der Waals surface area contributed by atoms with Crippen molar-refractivity contribution < 1.29 is 24.2 Å². The van der Waals surface area contributed by atoms with Crippen molar-refractivity contribution in [1.29, 1.82) is 0 Å². The highest BCUT2D eigenvalue weighted by Gasteiger charge is 2.68. The van der Waals surface area contributed by atoms with Gasteiger partial charge in [0.25, 0.3) is 0 Å². The van der Waals surface area contributed by atoms with Crippen LogP contribution < -0.4 is 0 Å². The van der Waals surface area contributed by atoms with Crippen LogP contribution in [0.3, 0.4) is 0 Å². The summed E-state index contributed by atoms with van der Waals surface area (Å²) < 4.78 is 23.8. The first-order valence-corrected chi connectivity index (χ1v) is 12.3. The molecule has 0 amide bonds. The zero-order valence-electron chi connectivity index (χ0n) is 19.0. The highest BCUT2D eigenvalue weighted by Crippen LogP contribution is 2.67. The summed E-state index contributed by atoms with van der Waals surface area (Å²) in [5.74, 6) is 3.59. The molecule has 2 bridgehead atoms. The zero-order valence-corrected chi connectivity index (χ0v) is 19.0. The van der Waals surface area contributed by atoms with Gasteiger partial charge in [0.05, 0.1) is 11.7 Å². The van der Waals surface area contributed by atoms with Crippen LogP contribution in [0.15, 0.2) is 0 Å². The Morgan fingerprint density at radius 2 is 1.70 bits per heavy atom. The normalized spacial score (nSPS) is 50.6. The van der Waals surface area contributed by atoms with Gasteiger partial charge in [0.15, 0.2) is 0 Å². The summed E-state index contributed by atoms with van der Waals surface area (Å²) in [6, 6.07) is 0.459. The molecule has 1 saturated heterocycles. The lowest BCUT2D eigenvalue weighted by molar-refractivity contribution is -0.259. The van der Waals surface area contributed by atoms with Crippen molar-refractivity contribution in [3.8, 4) is 0 Å². The maximum atomic E-state index is 11.0. The van der Waals surface area contributed by atoms with E-state index in [0.717, 1.165) is 38.0 Å². The van der Waals surface area contributed by atoms with E-state index in [1.165, 1.54) is 25.7 Å². The van der Waals surface area contributed by atoms with Gasteiger partial charge in [-0.15, -0.1) is 0 Å². The molecule has 0 aromatic carbocycles. The second-order valence-corrected chi connectivity index (χ2v) is 10.8. The molecule has 0 spiro atoms. The standard InChI is InChI=1S/C24H41NO5/c1-15-8-9-19-21(25(15)26)10-16-12-24(19,30-14-28-3)20-11-22(29-13-27-2)17-6-4-5-7-18(17)23(16)20/h15-23,26H,4-14H2,1-3H3/t15-,16-,17+,18+,19+,20+,21+,22+,23-,24+/m1/s1. The van der Waals surface area contributed by atoms with Crippen LogP contribution in [0.2, 0.25) is 0 Å². The van der Waals surface area contributed by atoms with Gasteiger partial charge in [-0.2, -0.15) is 5.06 Å². The van der Waals surface area contributed by atoms with Gasteiger partial charge < -0.3 is 24.2 Å². The van der Waals surface area contributed by atoms with E-state index >= 15 is 0 Å². The second-order valence-electron chi connectivity index (χ2n) is 10.8. The number of ether oxygens (including phenoxy) is 4. The molecule has 5 aliphatic rings. The molecule has 0 aromatic heterocycles. The monoisotopic (exact) mass is 423 g/mol. The molecular weight excluding hydrogens is 382 g/mol. The third-order valence-corrected chi connectivity index (χ3v) is 9.72. The van der Waals surface area contributed by atoms with Crippen molar-refractivity contribution in [3.05, 3.63) is 0 Å². The van der Waals surface area contributed by atoms with Crippen LogP contribution in [-0.4, -0.2) is 61.9 Å². The quantitative estimate of drug-likeness (QED) is 0.650. The van der Waals surface area contributed by atoms with E-state index in [1.807, 2.05) is 0 Å². The number of hydrogen-bond donors (Lipinski definition) is 1. The van der Waals surface area contributed by atoms with Gasteiger partial charge in [-0.1, -0.05) is 12.8 Å². The van der Waals surface area contributed by atoms with Crippen LogP contribution in [0, 0.1) is 35.5 Å². The van der Waals surface area contributed by atoms with Gasteiger partial charge in [0, 0.05) is 32.2 Å². The summed E-state index contributed by atoms with van der Waals surface area (Å²) in [5, 5.41) is 12.7. The lowest BCUT2D eigenvalue weighted by Gasteiger charge is -2.54. The Kier molecular flexibility index (Phi) is 6.19. The predicted molar refractivity (Wildman–Crippen MR) is 112 cm³/mol. The summed E-state index contributed by atoms with van der Waals surface area (Å²) in [7, 11) is 3.45. The summed E-state index contributed by atoms with van der Waals surface area (Å²) in [4.78, 5) is 0. The molecular formula is C24H41NO5. The van der Waals surface area contributed by atoms with E-state index in [9.17, 15) is 5.21 Å². The molecule has 6 nitrogen and oxygen atoms in total. The van der Waals surface area contributed by atoms with Crippen molar-refractivity contribution >= 4 is 0 Å². The van der Waals surface area contributed by atoms with Crippen LogP contribution in [0.1, 0.15) is 64.7 Å². The lowest BCUT2D eigenvalue weighted by atomic mass is 9.58. The minimum absolute atomic E-state index is 0.188. The number of methoxy groups -OCH3 is 2. The number of hydroxylamine groups is 2. The van der Waals surface area contributed by atoms with Crippen LogP contribution in [0.4, 0.5) is 0 Å². The van der Waals surface area contributed by atoms with Crippen LogP contribution in [-0.2, 0) is 18.9 Å². The van der Waals surface area contributed by atoms with Crippen molar-refractivity contribution in [2.24, 2.45) is 35.5 Å². The highest BCUT2D eigenvalue weighted by molar-refractivity contribution is 5.17. The molecule has 5 rings (SSSR count). The first kappa shape index (κ1) is 21.6. The van der Waals surface area contributed by atoms with Crippen LogP contribution in [0.5, 0.6) is 0 Å². The van der Waals surface area contributed by atoms with Gasteiger partial charge >= 0.3 is 0 Å². The van der Waals surface area contributed by atoms with E-state index in [1.54, 1.807) is 19.3 Å². The Bertz CT molecular complexity index is 604. The zero-order chi connectivity index (χ0) is 20.9. The topological polar surface area (TPSA) is 60.4 Å². The number of fused-ring (bicyclic) bond motifs is 9. The van der Waals surface area contributed by atoms with E-state index in [2.05, 4.69) is 6.92 Å². The first-order chi connectivity index (χ1) is 14.6. The molecule has 6 heteroatoms. The van der Waals surface area contributed by atoms with Crippen molar-refractivity contribution in [2.75, 3.05) is 27.8 Å². The molecule has 10 atom stereocenters. The maximum Gasteiger partial charge on any atom is 0.147 e. The Labute approximate surface area is 181 Å². The molecule has 1 heterocycles. The van der Waals surface area contributed by atoms with Gasteiger partial charge in [0.1, 0.15) is 13.6 Å². The van der Waals surface area contributed by atoms with E-state index in [-0.39, 0.29) is 23.8 Å². The molecule has 4 saturated carbocycles. The van der Waals surface area contributed by atoms with E-state index < -0.39 is 0 Å². The first-order valence-electron chi connectivity index (χ1n) is 12.3. The smallest absolute Gasteiger partial charge is 0.147 e. The third-order valence-electron chi connectivity index (χ3n) is 9.72. The Morgan fingerprint density at radius 3 is 2.47 bits per heavy atom. The molecule has 4 aliphatic carbocycles. The molecule has 1 N–H and O–H groups in total. The fourth-order valence-electron chi connectivity index (χ4n) is 8.77. The van der Waals surface area contributed by atoms with Crippen molar-refractivity contribution in [2.45, 2.75) is 88.5 Å². The number of nitrogens with zero attached hydrogens (tertiary/aromatic N) is 1. The van der Waals surface area contributed by atoms with Gasteiger partial charge in [-0.05, 0) is 81.5 Å². The fourth-order valence-corrected chi connectivity index (χ4v) is 8.77. The summed E-state index contributed by atoms with van der Waals surface area (Å²) in [6.45, 7) is 2.89. The lowest BCUT2D eigenvalue weighted by Crippen LogP contribution is -2.61. The number of rotatable bonds is 6. The third kappa shape index (κ3) is 3.29. The minimum atomic E-state index is -0.188. The second kappa shape index (κ2) is 8.60. The summed E-state index contributed by atoms with van der Waals surface area (Å²) in [5.41, 5.74) is -0.188. The molecule has 30 heavy (non-hydrogen) atoms. The van der Waals surface area contributed by atoms with E-state index in [0.29, 0.717) is 43.2 Å². The average Bonchev–Trinajstić information content (AvgIpc) is 3.02. The molecule has 1 aliphatic heterocycles. The minimum Gasteiger partial charge on any atom is -0.359 e. The van der Waals surface area contributed by atoms with Crippen molar-refractivity contribution in [3.63, 3.8) is 0 Å². The Hall–Kier alpha value is -0.240. The SMILES string of the molecule is COCO[C@H]1C[C@H]2[C@H]([C@@H]3C[C@H]4[C@H](CC[C@@H](C)N4O)[C@@]2(OCOC)C3)[C@H]2CCCC[C@@H]21.